The first-order chi connectivity index (χ1) is 13.3. The fourth-order valence-electron chi connectivity index (χ4n) is 2.65. The van der Waals surface area contributed by atoms with Crippen molar-refractivity contribution in [1.82, 2.24) is 14.9 Å². The van der Waals surface area contributed by atoms with Crippen molar-refractivity contribution in [3.63, 3.8) is 0 Å². The molecule has 0 aliphatic carbocycles. The molecule has 2 aromatic carbocycles. The quantitative estimate of drug-likeness (QED) is 0.330. The first kappa shape index (κ1) is 19.0. The van der Waals surface area contributed by atoms with Gasteiger partial charge < -0.3 is 4.74 Å². The minimum absolute atomic E-state index is 0.490. The van der Waals surface area contributed by atoms with Crippen molar-refractivity contribution in [3.05, 3.63) is 76.3 Å². The Kier molecular flexibility index (Phi) is 6.93. The number of unbranched alkanes of at least 4 members (excludes halogenated alkanes) is 1. The second kappa shape index (κ2) is 9.83. The number of aromatic amines is 1. The summed E-state index contributed by atoms with van der Waals surface area (Å²) in [6.45, 7) is 2.88. The van der Waals surface area contributed by atoms with Crippen LogP contribution in [0, 0.1) is 4.77 Å². The van der Waals surface area contributed by atoms with E-state index >= 15 is 0 Å². The topological polar surface area (TPSA) is 55.2 Å². The van der Waals surface area contributed by atoms with Gasteiger partial charge in [0, 0.05) is 6.42 Å². The maximum Gasteiger partial charge on any atom is 0.216 e. The molecule has 0 spiro atoms. The van der Waals surface area contributed by atoms with Gasteiger partial charge in [0.1, 0.15) is 5.75 Å². The molecule has 0 bridgehead atoms. The third-order valence-electron chi connectivity index (χ3n) is 4.14. The van der Waals surface area contributed by atoms with Gasteiger partial charge in [0.15, 0.2) is 5.82 Å². The van der Waals surface area contributed by atoms with E-state index in [4.69, 9.17) is 17.0 Å². The SMILES string of the molecule is CCCCOc1cccc(/C=N\n2c(CCc3ccccc3)n[nH]c2=S)c1. The standard InChI is InChI=1S/C21H24N4OS/c1-2-3-14-26-19-11-7-10-18(15-19)16-22-25-20(23-24-21(25)27)13-12-17-8-5-4-6-9-17/h4-11,15-16H,2-3,12-14H2,1H3,(H,24,27)/b22-16-. The highest BCUT2D eigenvalue weighted by Gasteiger charge is 2.05. The molecule has 0 radical (unpaired) electrons. The Balaban J connectivity index is 1.69. The Morgan fingerprint density at radius 2 is 2.00 bits per heavy atom. The third-order valence-corrected chi connectivity index (χ3v) is 4.41. The average molecular weight is 381 g/mol. The van der Waals surface area contributed by atoms with Gasteiger partial charge in [-0.2, -0.15) is 14.9 Å². The molecule has 3 aromatic rings. The van der Waals surface area contributed by atoms with Crippen LogP contribution in [0.4, 0.5) is 0 Å². The van der Waals surface area contributed by atoms with Gasteiger partial charge >= 0.3 is 0 Å². The van der Waals surface area contributed by atoms with E-state index < -0.39 is 0 Å². The van der Waals surface area contributed by atoms with Gasteiger partial charge in [-0.1, -0.05) is 55.8 Å². The summed E-state index contributed by atoms with van der Waals surface area (Å²) in [5.74, 6) is 1.67. The molecule has 1 aromatic heterocycles. The summed E-state index contributed by atoms with van der Waals surface area (Å²) in [4.78, 5) is 0. The van der Waals surface area contributed by atoms with Crippen LogP contribution in [0.2, 0.25) is 0 Å². The number of H-pyrrole nitrogens is 1. The lowest BCUT2D eigenvalue weighted by Crippen LogP contribution is -2.02. The largest absolute Gasteiger partial charge is 0.494 e. The van der Waals surface area contributed by atoms with E-state index in [1.165, 1.54) is 5.56 Å². The number of hydrogen-bond donors (Lipinski definition) is 1. The molecule has 0 aliphatic rings. The molecule has 27 heavy (non-hydrogen) atoms. The lowest BCUT2D eigenvalue weighted by Gasteiger charge is -2.05. The molecule has 0 aliphatic heterocycles. The highest BCUT2D eigenvalue weighted by atomic mass is 32.1. The van der Waals surface area contributed by atoms with Crippen LogP contribution >= 0.6 is 12.2 Å². The molecule has 5 nitrogen and oxygen atoms in total. The van der Waals surface area contributed by atoms with Crippen molar-refractivity contribution in [2.75, 3.05) is 6.61 Å². The van der Waals surface area contributed by atoms with E-state index in [0.717, 1.165) is 49.4 Å². The Morgan fingerprint density at radius 1 is 1.15 bits per heavy atom. The van der Waals surface area contributed by atoms with Gasteiger partial charge in [0.25, 0.3) is 0 Å². The van der Waals surface area contributed by atoms with Crippen molar-refractivity contribution < 1.29 is 4.74 Å². The van der Waals surface area contributed by atoms with E-state index in [-0.39, 0.29) is 0 Å². The van der Waals surface area contributed by atoms with Crippen LogP contribution in [0.15, 0.2) is 59.7 Å². The fraction of sp³-hybridized carbons (Fsp3) is 0.286. The Labute approximate surface area is 164 Å². The van der Waals surface area contributed by atoms with E-state index in [2.05, 4.69) is 34.4 Å². The molecule has 0 saturated heterocycles. The van der Waals surface area contributed by atoms with Crippen molar-refractivity contribution in [2.45, 2.75) is 32.6 Å². The van der Waals surface area contributed by atoms with Crippen molar-refractivity contribution in [3.8, 4) is 5.75 Å². The van der Waals surface area contributed by atoms with E-state index in [9.17, 15) is 0 Å². The number of aromatic nitrogens is 3. The lowest BCUT2D eigenvalue weighted by atomic mass is 10.1. The number of ether oxygens (including phenoxy) is 1. The number of rotatable bonds is 9. The highest BCUT2D eigenvalue weighted by molar-refractivity contribution is 7.71. The first-order valence-corrected chi connectivity index (χ1v) is 9.64. The molecule has 6 heteroatoms. The van der Waals surface area contributed by atoms with Crippen LogP contribution in [0.1, 0.15) is 36.7 Å². The van der Waals surface area contributed by atoms with Crippen molar-refractivity contribution in [2.24, 2.45) is 5.10 Å². The zero-order valence-corrected chi connectivity index (χ0v) is 16.3. The molecular weight excluding hydrogens is 356 g/mol. The Hall–Kier alpha value is -2.73. The number of nitrogens with zero attached hydrogens (tertiary/aromatic N) is 3. The summed E-state index contributed by atoms with van der Waals surface area (Å²) in [5.41, 5.74) is 2.22. The normalized spacial score (nSPS) is 11.1. The van der Waals surface area contributed by atoms with Crippen LogP contribution < -0.4 is 4.74 Å². The molecule has 0 unspecified atom stereocenters. The zero-order valence-electron chi connectivity index (χ0n) is 15.5. The molecule has 0 amide bonds. The summed E-state index contributed by atoms with van der Waals surface area (Å²) in [6, 6.07) is 18.2. The van der Waals surface area contributed by atoms with E-state index in [0.29, 0.717) is 4.77 Å². The van der Waals surface area contributed by atoms with Gasteiger partial charge in [-0.3, -0.25) is 5.10 Å². The lowest BCUT2D eigenvalue weighted by molar-refractivity contribution is 0.309. The van der Waals surface area contributed by atoms with Gasteiger partial charge in [-0.05, 0) is 48.3 Å². The second-order valence-electron chi connectivity index (χ2n) is 6.26. The predicted molar refractivity (Wildman–Crippen MR) is 111 cm³/mol. The minimum Gasteiger partial charge on any atom is -0.494 e. The van der Waals surface area contributed by atoms with Crippen molar-refractivity contribution >= 4 is 18.4 Å². The molecule has 0 atom stereocenters. The Bertz CT molecular complexity index is 931. The Morgan fingerprint density at radius 3 is 2.81 bits per heavy atom. The van der Waals surface area contributed by atoms with Crippen molar-refractivity contribution in [1.29, 1.82) is 0 Å². The summed E-state index contributed by atoms with van der Waals surface area (Å²) < 4.78 is 7.93. The maximum atomic E-state index is 5.75. The number of aryl methyl sites for hydroxylation is 2. The fourth-order valence-corrected chi connectivity index (χ4v) is 2.85. The minimum atomic E-state index is 0.490. The van der Waals surface area contributed by atoms with Crippen LogP contribution in [0.5, 0.6) is 5.75 Å². The third kappa shape index (κ3) is 5.62. The second-order valence-corrected chi connectivity index (χ2v) is 6.65. The molecule has 1 N–H and O–H groups in total. The average Bonchev–Trinajstić information content (AvgIpc) is 3.06. The predicted octanol–water partition coefficient (Wildman–Crippen LogP) is 4.79. The van der Waals surface area contributed by atoms with Crippen LogP contribution in [0.25, 0.3) is 0 Å². The summed E-state index contributed by atoms with van der Waals surface area (Å²) in [6.07, 6.45) is 5.59. The maximum absolute atomic E-state index is 5.75. The number of benzene rings is 2. The molecule has 1 heterocycles. The van der Waals surface area contributed by atoms with Gasteiger partial charge in [0.05, 0.1) is 12.8 Å². The monoisotopic (exact) mass is 380 g/mol. The highest BCUT2D eigenvalue weighted by Crippen LogP contribution is 2.13. The first-order valence-electron chi connectivity index (χ1n) is 9.23. The zero-order chi connectivity index (χ0) is 18.9. The number of nitrogens with one attached hydrogen (secondary N) is 1. The van der Waals surface area contributed by atoms with E-state index in [1.807, 2.05) is 42.5 Å². The van der Waals surface area contributed by atoms with Gasteiger partial charge in [-0.25, -0.2) is 0 Å². The molecule has 3 rings (SSSR count). The van der Waals surface area contributed by atoms with E-state index in [1.54, 1.807) is 10.9 Å². The summed E-state index contributed by atoms with van der Waals surface area (Å²) in [5, 5.41) is 11.7. The van der Waals surface area contributed by atoms with Crippen LogP contribution in [-0.4, -0.2) is 27.7 Å². The van der Waals surface area contributed by atoms with Crippen LogP contribution in [0.3, 0.4) is 0 Å². The van der Waals surface area contributed by atoms with Gasteiger partial charge in [0.2, 0.25) is 4.77 Å². The molecule has 0 fully saturated rings. The summed E-state index contributed by atoms with van der Waals surface area (Å²) in [7, 11) is 0. The van der Waals surface area contributed by atoms with Crippen LogP contribution in [-0.2, 0) is 12.8 Å². The summed E-state index contributed by atoms with van der Waals surface area (Å²) >= 11 is 5.32. The molecular formula is C21H24N4OS. The smallest absolute Gasteiger partial charge is 0.216 e. The molecule has 140 valence electrons. The molecule has 0 saturated carbocycles. The number of hydrogen-bond acceptors (Lipinski definition) is 4. The van der Waals surface area contributed by atoms with Gasteiger partial charge in [-0.15, -0.1) is 0 Å².